The number of halogens is 2. The average molecular weight is 393 g/mol. The van der Waals surface area contributed by atoms with Crippen molar-refractivity contribution in [3.05, 3.63) is 44.2 Å². The molecule has 0 aliphatic carbocycles. The quantitative estimate of drug-likeness (QED) is 0.799. The van der Waals surface area contributed by atoms with Crippen LogP contribution in [-0.2, 0) is 0 Å². The summed E-state index contributed by atoms with van der Waals surface area (Å²) in [4.78, 5) is 10.9. The molecule has 6 heteroatoms. The van der Waals surface area contributed by atoms with Gasteiger partial charge in [-0.25, -0.2) is 9.48 Å². The summed E-state index contributed by atoms with van der Waals surface area (Å²) in [6.45, 7) is 0. The highest BCUT2D eigenvalue weighted by Gasteiger charge is 2.07. The predicted molar refractivity (Wildman–Crippen MR) is 70.9 cm³/mol. The Morgan fingerprint density at radius 3 is 2.75 bits per heavy atom. The lowest BCUT2D eigenvalue weighted by atomic mass is 10.2. The van der Waals surface area contributed by atoms with Crippen LogP contribution in [0.5, 0.6) is 0 Å². The molecular formula is C10H6BrIN2O2. The van der Waals surface area contributed by atoms with Crippen molar-refractivity contribution in [2.75, 3.05) is 0 Å². The molecule has 2 aromatic rings. The molecule has 1 aromatic carbocycles. The monoisotopic (exact) mass is 392 g/mol. The first kappa shape index (κ1) is 11.6. The Balaban J connectivity index is 2.53. The van der Waals surface area contributed by atoms with Gasteiger partial charge in [-0.3, -0.25) is 0 Å². The van der Waals surface area contributed by atoms with E-state index in [2.05, 4.69) is 43.6 Å². The summed E-state index contributed by atoms with van der Waals surface area (Å²) in [6.07, 6.45) is 3.54. The summed E-state index contributed by atoms with van der Waals surface area (Å²) in [5.41, 5.74) is 0.949. The van der Waals surface area contributed by atoms with E-state index in [0.29, 0.717) is 4.47 Å². The van der Waals surface area contributed by atoms with Crippen molar-refractivity contribution in [3.63, 3.8) is 0 Å². The molecule has 0 radical (unpaired) electrons. The van der Waals surface area contributed by atoms with E-state index < -0.39 is 5.97 Å². The third kappa shape index (κ3) is 2.43. The zero-order valence-corrected chi connectivity index (χ0v) is 11.6. The Hall–Kier alpha value is -0.890. The minimum Gasteiger partial charge on any atom is -0.478 e. The van der Waals surface area contributed by atoms with Crippen LogP contribution in [0.1, 0.15) is 10.4 Å². The van der Waals surface area contributed by atoms with E-state index in [1.165, 1.54) is 0 Å². The van der Waals surface area contributed by atoms with Crippen LogP contribution >= 0.6 is 38.5 Å². The number of carboxylic acids is 1. The molecular weight excluding hydrogens is 387 g/mol. The molecule has 0 atom stereocenters. The molecule has 82 valence electrons. The Kier molecular flexibility index (Phi) is 3.29. The van der Waals surface area contributed by atoms with E-state index in [-0.39, 0.29) is 5.56 Å². The zero-order valence-electron chi connectivity index (χ0n) is 7.89. The summed E-state index contributed by atoms with van der Waals surface area (Å²) in [5, 5.41) is 13.1. The van der Waals surface area contributed by atoms with Crippen molar-refractivity contribution >= 4 is 44.5 Å². The molecule has 2 rings (SSSR count). The molecule has 0 aliphatic rings. The summed E-state index contributed by atoms with van der Waals surface area (Å²) >= 11 is 5.43. The average Bonchev–Trinajstić information content (AvgIpc) is 2.64. The molecule has 1 N–H and O–H groups in total. The maximum absolute atomic E-state index is 10.9. The smallest absolute Gasteiger partial charge is 0.335 e. The Labute approximate surface area is 114 Å². The highest BCUT2D eigenvalue weighted by molar-refractivity contribution is 14.1. The van der Waals surface area contributed by atoms with Crippen LogP contribution in [0.15, 0.2) is 35.1 Å². The van der Waals surface area contributed by atoms with Gasteiger partial charge >= 0.3 is 5.97 Å². The van der Waals surface area contributed by atoms with Crippen molar-refractivity contribution in [2.45, 2.75) is 0 Å². The van der Waals surface area contributed by atoms with Gasteiger partial charge in [0.1, 0.15) is 0 Å². The van der Waals surface area contributed by atoms with E-state index >= 15 is 0 Å². The molecule has 0 unspecified atom stereocenters. The molecule has 4 nitrogen and oxygen atoms in total. The van der Waals surface area contributed by atoms with E-state index in [1.807, 2.05) is 12.3 Å². The zero-order chi connectivity index (χ0) is 11.7. The van der Waals surface area contributed by atoms with Gasteiger partial charge in [0.15, 0.2) is 0 Å². The maximum atomic E-state index is 10.9. The first-order chi connectivity index (χ1) is 7.56. The van der Waals surface area contributed by atoms with E-state index in [0.717, 1.165) is 9.26 Å². The van der Waals surface area contributed by atoms with Crippen LogP contribution in [-0.4, -0.2) is 20.9 Å². The number of rotatable bonds is 2. The third-order valence-electron chi connectivity index (χ3n) is 1.95. The van der Waals surface area contributed by atoms with Crippen LogP contribution in [0, 0.1) is 3.57 Å². The number of hydrogen-bond acceptors (Lipinski definition) is 2. The van der Waals surface area contributed by atoms with Crippen molar-refractivity contribution in [2.24, 2.45) is 0 Å². The fourth-order valence-electron chi connectivity index (χ4n) is 1.27. The van der Waals surface area contributed by atoms with Gasteiger partial charge in [0.25, 0.3) is 0 Å². The first-order valence-electron chi connectivity index (χ1n) is 4.31. The lowest BCUT2D eigenvalue weighted by Crippen LogP contribution is -2.00. The molecule has 0 spiro atoms. The number of nitrogens with zero attached hydrogens (tertiary/aromatic N) is 2. The lowest BCUT2D eigenvalue weighted by Gasteiger charge is -2.03. The highest BCUT2D eigenvalue weighted by atomic mass is 127. The SMILES string of the molecule is O=C(O)c1cc(Br)cc(-n2cc(I)cn2)c1. The van der Waals surface area contributed by atoms with Crippen LogP contribution < -0.4 is 0 Å². The predicted octanol–water partition coefficient (Wildman–Crippen LogP) is 2.94. The second kappa shape index (κ2) is 4.54. The Morgan fingerprint density at radius 2 is 2.19 bits per heavy atom. The van der Waals surface area contributed by atoms with Gasteiger partial charge in [-0.05, 0) is 40.8 Å². The van der Waals surface area contributed by atoms with E-state index in [1.54, 1.807) is 23.0 Å². The molecule has 1 aromatic heterocycles. The number of hydrogen-bond donors (Lipinski definition) is 1. The fraction of sp³-hybridized carbons (Fsp3) is 0. The molecule has 0 aliphatic heterocycles. The van der Waals surface area contributed by atoms with Gasteiger partial charge in [-0.15, -0.1) is 0 Å². The Morgan fingerprint density at radius 1 is 1.44 bits per heavy atom. The van der Waals surface area contributed by atoms with E-state index in [9.17, 15) is 4.79 Å². The summed E-state index contributed by atoms with van der Waals surface area (Å²) in [6, 6.07) is 4.95. The van der Waals surface area contributed by atoms with E-state index in [4.69, 9.17) is 5.11 Å². The van der Waals surface area contributed by atoms with Crippen molar-refractivity contribution in [3.8, 4) is 5.69 Å². The van der Waals surface area contributed by atoms with Crippen LogP contribution in [0.25, 0.3) is 5.69 Å². The molecule has 0 bridgehead atoms. The summed E-state index contributed by atoms with van der Waals surface area (Å²) in [7, 11) is 0. The number of benzene rings is 1. The van der Waals surface area contributed by atoms with Gasteiger partial charge < -0.3 is 5.11 Å². The third-order valence-corrected chi connectivity index (χ3v) is 2.96. The highest BCUT2D eigenvalue weighted by Crippen LogP contribution is 2.19. The summed E-state index contributed by atoms with van der Waals surface area (Å²) in [5.74, 6) is -0.954. The normalized spacial score (nSPS) is 10.4. The van der Waals surface area contributed by atoms with Crippen molar-refractivity contribution in [1.29, 1.82) is 0 Å². The van der Waals surface area contributed by atoms with Crippen LogP contribution in [0.3, 0.4) is 0 Å². The molecule has 0 fully saturated rings. The Bertz CT molecular complexity index is 554. The number of carbonyl (C=O) groups is 1. The van der Waals surface area contributed by atoms with Crippen molar-refractivity contribution < 1.29 is 9.90 Å². The topological polar surface area (TPSA) is 55.1 Å². The molecule has 0 saturated carbocycles. The molecule has 1 heterocycles. The molecule has 0 saturated heterocycles. The van der Waals surface area contributed by atoms with Gasteiger partial charge in [-0.1, -0.05) is 15.9 Å². The number of aromatic carboxylic acids is 1. The lowest BCUT2D eigenvalue weighted by molar-refractivity contribution is 0.0697. The first-order valence-corrected chi connectivity index (χ1v) is 6.18. The van der Waals surface area contributed by atoms with Crippen molar-refractivity contribution in [1.82, 2.24) is 9.78 Å². The van der Waals surface area contributed by atoms with Gasteiger partial charge in [0.05, 0.1) is 21.0 Å². The second-order valence-electron chi connectivity index (χ2n) is 3.11. The minimum absolute atomic E-state index is 0.231. The molecule has 0 amide bonds. The number of aromatic nitrogens is 2. The largest absolute Gasteiger partial charge is 0.478 e. The van der Waals surface area contributed by atoms with Crippen LogP contribution in [0.2, 0.25) is 0 Å². The standard InChI is InChI=1S/C10H6BrIN2O2/c11-7-1-6(10(15)16)2-9(3-7)14-5-8(12)4-13-14/h1-5H,(H,15,16). The van der Waals surface area contributed by atoms with Gasteiger partial charge in [-0.2, -0.15) is 5.10 Å². The minimum atomic E-state index is -0.954. The fourth-order valence-corrected chi connectivity index (χ4v) is 2.14. The van der Waals surface area contributed by atoms with Gasteiger partial charge in [0, 0.05) is 10.7 Å². The maximum Gasteiger partial charge on any atom is 0.335 e. The molecule has 16 heavy (non-hydrogen) atoms. The van der Waals surface area contributed by atoms with Gasteiger partial charge in [0.2, 0.25) is 0 Å². The van der Waals surface area contributed by atoms with Crippen LogP contribution in [0.4, 0.5) is 0 Å². The second-order valence-corrected chi connectivity index (χ2v) is 5.27. The number of carboxylic acid groups (broad SMARTS) is 1. The summed E-state index contributed by atoms with van der Waals surface area (Å²) < 4.78 is 3.35.